The summed E-state index contributed by atoms with van der Waals surface area (Å²) in [7, 11) is 0. The van der Waals surface area contributed by atoms with Crippen LogP contribution in [0.1, 0.15) is 63.3 Å². The van der Waals surface area contributed by atoms with E-state index in [4.69, 9.17) is 14.5 Å². The van der Waals surface area contributed by atoms with E-state index in [1.165, 1.54) is 11.1 Å². The number of aromatic nitrogens is 2. The van der Waals surface area contributed by atoms with E-state index >= 15 is 0 Å². The molecule has 4 rings (SSSR count). The van der Waals surface area contributed by atoms with Crippen molar-refractivity contribution in [1.29, 1.82) is 0 Å². The summed E-state index contributed by atoms with van der Waals surface area (Å²) in [5.41, 5.74) is 1.12. The number of hydrogen-bond donors (Lipinski definition) is 0. The molecule has 34 heavy (non-hydrogen) atoms. The number of carbonyl (C=O) groups excluding carboxylic acids is 1. The quantitative estimate of drug-likeness (QED) is 0.303. The summed E-state index contributed by atoms with van der Waals surface area (Å²) >= 11 is 3.48. The molecule has 1 aromatic heterocycles. The van der Waals surface area contributed by atoms with Crippen molar-refractivity contribution in [3.05, 3.63) is 68.7 Å². The van der Waals surface area contributed by atoms with Gasteiger partial charge in [-0.1, -0.05) is 47.3 Å². The molecule has 0 spiro atoms. The number of benzene rings is 2. The van der Waals surface area contributed by atoms with Gasteiger partial charge in [0.2, 0.25) is 0 Å². The summed E-state index contributed by atoms with van der Waals surface area (Å²) in [6, 6.07) is 12.8. The third kappa shape index (κ3) is 5.38. The van der Waals surface area contributed by atoms with Crippen LogP contribution in [-0.2, 0) is 9.53 Å². The van der Waals surface area contributed by atoms with Crippen LogP contribution in [0.5, 0.6) is 5.75 Å². The summed E-state index contributed by atoms with van der Waals surface area (Å²) in [6.07, 6.45) is 6.22. The molecule has 1 atom stereocenters. The molecule has 7 nitrogen and oxygen atoms in total. The molecule has 8 heteroatoms. The van der Waals surface area contributed by atoms with Crippen molar-refractivity contribution in [2.75, 3.05) is 6.61 Å². The Hall–Kier alpha value is -3.00. The lowest BCUT2D eigenvalue weighted by atomic mass is 9.88. The van der Waals surface area contributed by atoms with Crippen LogP contribution in [-0.4, -0.2) is 34.6 Å². The second-order valence-electron chi connectivity index (χ2n) is 8.38. The van der Waals surface area contributed by atoms with Gasteiger partial charge in [-0.3, -0.25) is 4.79 Å². The molecular weight excluding hydrogens is 498 g/mol. The van der Waals surface area contributed by atoms with Gasteiger partial charge in [0, 0.05) is 16.0 Å². The Kier molecular flexibility index (Phi) is 7.77. The molecule has 0 radical (unpaired) electrons. The molecule has 0 unspecified atom stereocenters. The highest BCUT2D eigenvalue weighted by Crippen LogP contribution is 2.32. The lowest BCUT2D eigenvalue weighted by Crippen LogP contribution is -2.26. The van der Waals surface area contributed by atoms with Gasteiger partial charge < -0.3 is 9.47 Å². The average Bonchev–Trinajstić information content (AvgIpc) is 2.85. The van der Waals surface area contributed by atoms with Crippen LogP contribution in [0.25, 0.3) is 10.9 Å². The van der Waals surface area contributed by atoms with E-state index in [9.17, 15) is 9.59 Å². The van der Waals surface area contributed by atoms with Gasteiger partial charge >= 0.3 is 5.97 Å². The number of hydrogen-bond acceptors (Lipinski definition) is 6. The predicted molar refractivity (Wildman–Crippen MR) is 136 cm³/mol. The molecule has 1 aliphatic carbocycles. The molecule has 3 aromatic rings. The number of rotatable bonds is 7. The Morgan fingerprint density at radius 1 is 1.24 bits per heavy atom. The van der Waals surface area contributed by atoms with Crippen molar-refractivity contribution in [3.8, 4) is 5.75 Å². The first-order valence-corrected chi connectivity index (χ1v) is 12.5. The van der Waals surface area contributed by atoms with Crippen LogP contribution in [0.3, 0.4) is 0 Å². The minimum absolute atomic E-state index is 0.185. The molecular formula is C26H28BrN3O4. The van der Waals surface area contributed by atoms with Crippen molar-refractivity contribution >= 4 is 39.0 Å². The Bertz CT molecular complexity index is 1260. The summed E-state index contributed by atoms with van der Waals surface area (Å²) in [5.74, 6) is 0.902. The molecule has 1 fully saturated rings. The van der Waals surface area contributed by atoms with Gasteiger partial charge in [0.25, 0.3) is 5.56 Å². The highest BCUT2D eigenvalue weighted by Gasteiger charge is 2.22. The fraction of sp³-hybridized carbons (Fsp3) is 0.385. The first-order valence-electron chi connectivity index (χ1n) is 11.7. The zero-order valence-electron chi connectivity index (χ0n) is 19.4. The third-order valence-corrected chi connectivity index (χ3v) is 6.45. The number of para-hydroxylation sites is 1. The molecule has 178 valence electrons. The van der Waals surface area contributed by atoms with Gasteiger partial charge in [-0.15, -0.1) is 0 Å². The Morgan fingerprint density at radius 2 is 2.00 bits per heavy atom. The first-order chi connectivity index (χ1) is 16.5. The van der Waals surface area contributed by atoms with E-state index in [0.29, 0.717) is 28.0 Å². The molecule has 0 bridgehead atoms. The van der Waals surface area contributed by atoms with Crippen molar-refractivity contribution < 1.29 is 14.3 Å². The maximum Gasteiger partial charge on any atom is 0.347 e. The standard InChI is InChI=1S/C26H28BrN3O4/c1-3-33-26(32)17(2)34-23-14-13-20(27)15-19(23)16-28-30-24(18-9-5-4-6-10-18)29-22-12-8-7-11-21(22)25(30)31/h7-8,11-18H,3-6,9-10H2,1-2H3/t17-/m1/s1. The minimum atomic E-state index is -0.781. The Balaban J connectivity index is 1.75. The molecule has 0 aliphatic heterocycles. The van der Waals surface area contributed by atoms with Gasteiger partial charge in [0.05, 0.1) is 23.7 Å². The summed E-state index contributed by atoms with van der Waals surface area (Å²) in [4.78, 5) is 30.3. The zero-order valence-corrected chi connectivity index (χ0v) is 21.0. The molecule has 0 saturated heterocycles. The highest BCUT2D eigenvalue weighted by atomic mass is 79.9. The monoisotopic (exact) mass is 525 g/mol. The van der Waals surface area contributed by atoms with Gasteiger partial charge in [-0.25, -0.2) is 9.78 Å². The van der Waals surface area contributed by atoms with E-state index in [0.717, 1.165) is 30.2 Å². The van der Waals surface area contributed by atoms with Crippen LogP contribution in [0.15, 0.2) is 56.8 Å². The second-order valence-corrected chi connectivity index (χ2v) is 9.29. The van der Waals surface area contributed by atoms with Gasteiger partial charge in [-0.05, 0) is 57.0 Å². The fourth-order valence-electron chi connectivity index (χ4n) is 4.22. The lowest BCUT2D eigenvalue weighted by Gasteiger charge is -2.22. The van der Waals surface area contributed by atoms with Crippen molar-refractivity contribution in [1.82, 2.24) is 9.66 Å². The van der Waals surface area contributed by atoms with E-state index < -0.39 is 12.1 Å². The molecule has 1 heterocycles. The summed E-state index contributed by atoms with van der Waals surface area (Å²) in [6.45, 7) is 3.67. The van der Waals surface area contributed by atoms with E-state index in [2.05, 4.69) is 21.0 Å². The Labute approximate surface area is 206 Å². The largest absolute Gasteiger partial charge is 0.478 e. The maximum absolute atomic E-state index is 13.4. The summed E-state index contributed by atoms with van der Waals surface area (Å²) < 4.78 is 13.2. The first kappa shape index (κ1) is 24.1. The number of ether oxygens (including phenoxy) is 2. The number of nitrogens with zero attached hydrogens (tertiary/aromatic N) is 3. The molecule has 1 saturated carbocycles. The highest BCUT2D eigenvalue weighted by molar-refractivity contribution is 9.10. The smallest absolute Gasteiger partial charge is 0.347 e. The van der Waals surface area contributed by atoms with Crippen LogP contribution >= 0.6 is 15.9 Å². The van der Waals surface area contributed by atoms with E-state index in [1.54, 1.807) is 32.2 Å². The van der Waals surface area contributed by atoms with Gasteiger partial charge in [0.1, 0.15) is 11.6 Å². The minimum Gasteiger partial charge on any atom is -0.478 e. The van der Waals surface area contributed by atoms with Crippen LogP contribution in [0.4, 0.5) is 0 Å². The number of esters is 1. The van der Waals surface area contributed by atoms with Crippen LogP contribution in [0, 0.1) is 0 Å². The topological polar surface area (TPSA) is 82.8 Å². The number of carbonyl (C=O) groups is 1. The normalized spacial score (nSPS) is 15.5. The maximum atomic E-state index is 13.4. The SMILES string of the molecule is CCOC(=O)[C@@H](C)Oc1ccc(Br)cc1C=Nn1c(C2CCCCC2)nc2ccccc2c1=O. The van der Waals surface area contributed by atoms with Crippen molar-refractivity contribution in [2.45, 2.75) is 58.0 Å². The average molecular weight is 526 g/mol. The van der Waals surface area contributed by atoms with Crippen LogP contribution in [0.2, 0.25) is 0 Å². The fourth-order valence-corrected chi connectivity index (χ4v) is 4.60. The molecule has 2 aromatic carbocycles. The number of fused-ring (bicyclic) bond motifs is 1. The van der Waals surface area contributed by atoms with Crippen molar-refractivity contribution in [2.24, 2.45) is 5.10 Å². The molecule has 1 aliphatic rings. The van der Waals surface area contributed by atoms with Crippen molar-refractivity contribution in [3.63, 3.8) is 0 Å². The molecule has 0 amide bonds. The lowest BCUT2D eigenvalue weighted by molar-refractivity contribution is -0.150. The van der Waals surface area contributed by atoms with Gasteiger partial charge in [-0.2, -0.15) is 9.78 Å². The van der Waals surface area contributed by atoms with E-state index in [-0.39, 0.29) is 18.1 Å². The van der Waals surface area contributed by atoms with E-state index in [1.807, 2.05) is 30.3 Å². The van der Waals surface area contributed by atoms with Gasteiger partial charge in [0.15, 0.2) is 6.10 Å². The Morgan fingerprint density at radius 3 is 2.76 bits per heavy atom. The molecule has 0 N–H and O–H groups in total. The summed E-state index contributed by atoms with van der Waals surface area (Å²) in [5, 5.41) is 5.12. The zero-order chi connectivity index (χ0) is 24.1. The second kappa shape index (κ2) is 11.0. The third-order valence-electron chi connectivity index (χ3n) is 5.96. The number of halogens is 1. The predicted octanol–water partition coefficient (Wildman–Crippen LogP) is 5.42. The van der Waals surface area contributed by atoms with Crippen LogP contribution < -0.4 is 10.3 Å².